The van der Waals surface area contributed by atoms with Crippen molar-refractivity contribution in [3.05, 3.63) is 58.5 Å². The lowest BCUT2D eigenvalue weighted by Crippen LogP contribution is -2.63. The Balaban J connectivity index is 1.63. The highest BCUT2D eigenvalue weighted by Crippen LogP contribution is 2.52. The molecule has 0 saturated carbocycles. The molecule has 2 aromatic carbocycles. The maximum Gasteiger partial charge on any atom is 0.515 e. The van der Waals surface area contributed by atoms with Gasteiger partial charge in [0.25, 0.3) is 0 Å². The summed E-state index contributed by atoms with van der Waals surface area (Å²) >= 11 is 3.46. The summed E-state index contributed by atoms with van der Waals surface area (Å²) in [6.07, 6.45) is 5.30. The molecular formula is C38H60N2O6S6Si2. The average molecular weight is 889 g/mol. The van der Waals surface area contributed by atoms with Crippen molar-refractivity contribution in [2.45, 2.75) is 104 Å². The fourth-order valence-corrected chi connectivity index (χ4v) is 23.9. The van der Waals surface area contributed by atoms with Crippen LogP contribution < -0.4 is 0 Å². The first kappa shape index (κ1) is 46.5. The van der Waals surface area contributed by atoms with Crippen LogP contribution in [0.25, 0.3) is 20.4 Å². The molecule has 0 bridgehead atoms. The monoisotopic (exact) mass is 888 g/mol. The van der Waals surface area contributed by atoms with Gasteiger partial charge in [-0.3, -0.25) is 0 Å². The van der Waals surface area contributed by atoms with Crippen LogP contribution in [0, 0.1) is 0 Å². The van der Waals surface area contributed by atoms with Crippen molar-refractivity contribution in [3.63, 3.8) is 0 Å². The van der Waals surface area contributed by atoms with E-state index in [9.17, 15) is 0 Å². The first-order valence-electron chi connectivity index (χ1n) is 19.3. The highest BCUT2D eigenvalue weighted by molar-refractivity contribution is 9.26. The van der Waals surface area contributed by atoms with Crippen molar-refractivity contribution in [1.82, 2.24) is 9.97 Å². The first-order valence-corrected chi connectivity index (χ1v) is 29.6. The maximum atomic E-state index is 6.81. The molecule has 0 saturated heterocycles. The predicted molar refractivity (Wildman–Crippen MR) is 243 cm³/mol. The van der Waals surface area contributed by atoms with E-state index in [1.165, 1.54) is 0 Å². The lowest BCUT2D eigenvalue weighted by molar-refractivity contribution is 0.0385. The maximum absolute atomic E-state index is 6.81. The minimum atomic E-state index is -3.29. The molecular weight excluding hydrogens is 829 g/mol. The Morgan fingerprint density at radius 2 is 0.796 bits per heavy atom. The zero-order valence-electron chi connectivity index (χ0n) is 33.3. The summed E-state index contributed by atoms with van der Waals surface area (Å²) in [5.41, 5.74) is 2.00. The lowest BCUT2D eigenvalue weighted by atomic mass is 10.2. The Morgan fingerprint density at radius 3 is 1.07 bits per heavy atom. The van der Waals surface area contributed by atoms with E-state index in [4.69, 9.17) is 36.5 Å². The van der Waals surface area contributed by atoms with Gasteiger partial charge in [0.15, 0.2) is 0 Å². The number of aromatic nitrogens is 2. The summed E-state index contributed by atoms with van der Waals surface area (Å²) < 4.78 is 43.2. The molecule has 0 aliphatic rings. The third-order valence-corrected chi connectivity index (χ3v) is 26.0. The standard InChI is InChI=1S/C38H60N2O6S6Si2/c1-9-23-41-53(42-24-10-2,43-25-11-3)37(7,35-39-31-19-15-17-21-33(31)49-35)29-47-51-52-48-30-38(8,36-40-32-20-16-18-22-34(32)50-36)54(44-26-12-4,45-27-13-5)46-28-14-6/h15-22H,9-14,23-30H2,1-8H3. The van der Waals surface area contributed by atoms with E-state index in [0.29, 0.717) is 39.6 Å². The molecule has 4 rings (SSSR count). The molecule has 2 aromatic heterocycles. The van der Waals surface area contributed by atoms with Gasteiger partial charge < -0.3 is 26.6 Å². The molecule has 16 heteroatoms. The molecule has 0 spiro atoms. The Labute approximate surface area is 349 Å². The van der Waals surface area contributed by atoms with Crippen LogP contribution in [0.5, 0.6) is 0 Å². The Bertz CT molecular complexity index is 1440. The topological polar surface area (TPSA) is 81.2 Å². The van der Waals surface area contributed by atoms with Crippen molar-refractivity contribution in [2.24, 2.45) is 0 Å². The largest absolute Gasteiger partial charge is 0.515 e. The van der Waals surface area contributed by atoms with Crippen molar-refractivity contribution >= 4 is 102 Å². The van der Waals surface area contributed by atoms with Gasteiger partial charge >= 0.3 is 17.6 Å². The summed E-state index contributed by atoms with van der Waals surface area (Å²) in [4.78, 5) is 10.4. The number of hydrogen-bond donors (Lipinski definition) is 0. The van der Waals surface area contributed by atoms with Gasteiger partial charge in [-0.05, 0) is 96.3 Å². The van der Waals surface area contributed by atoms with E-state index in [0.717, 1.165) is 80.5 Å². The lowest BCUT2D eigenvalue weighted by Gasteiger charge is -2.42. The molecule has 0 amide bonds. The summed E-state index contributed by atoms with van der Waals surface area (Å²) in [5, 5.41) is 0.898. The molecule has 2 atom stereocenters. The second kappa shape index (κ2) is 23.4. The second-order valence-corrected chi connectivity index (χ2v) is 27.7. The Hall–Kier alpha value is -0.186. The number of fused-ring (bicyclic) bond motifs is 2. The van der Waals surface area contributed by atoms with Gasteiger partial charge in [-0.1, -0.05) is 87.4 Å². The molecule has 2 unspecified atom stereocenters. The number of thiazole rings is 2. The van der Waals surface area contributed by atoms with Crippen molar-refractivity contribution in [2.75, 3.05) is 51.1 Å². The molecule has 0 aliphatic carbocycles. The molecule has 0 aliphatic heterocycles. The predicted octanol–water partition coefficient (Wildman–Crippen LogP) is 12.3. The van der Waals surface area contributed by atoms with Crippen LogP contribution in [0.4, 0.5) is 0 Å². The van der Waals surface area contributed by atoms with Gasteiger partial charge in [-0.2, -0.15) is 0 Å². The summed E-state index contributed by atoms with van der Waals surface area (Å²) in [6.45, 7) is 20.8. The first-order chi connectivity index (χ1) is 26.2. The number of hydrogen-bond acceptors (Lipinski definition) is 14. The van der Waals surface area contributed by atoms with Crippen molar-refractivity contribution in [3.8, 4) is 0 Å². The molecule has 54 heavy (non-hydrogen) atoms. The number of rotatable bonds is 29. The number of benzene rings is 2. The van der Waals surface area contributed by atoms with E-state index >= 15 is 0 Å². The number of para-hydroxylation sites is 2. The third kappa shape index (κ3) is 11.3. The number of nitrogens with zero attached hydrogens (tertiary/aromatic N) is 2. The SMILES string of the molecule is CCCO[Si](OCCC)(OCCC)C(C)(CSSSSCC(C)(c1nc2ccccc2s1)[Si](OCCC)(OCCC)OCCC)c1nc2ccccc2s1. The van der Waals surface area contributed by atoms with Crippen molar-refractivity contribution < 1.29 is 26.6 Å². The minimum Gasteiger partial charge on any atom is -0.373 e. The normalized spacial score (nSPS) is 14.9. The van der Waals surface area contributed by atoms with Crippen LogP contribution in [0.15, 0.2) is 48.5 Å². The van der Waals surface area contributed by atoms with E-state index in [1.54, 1.807) is 42.3 Å². The van der Waals surface area contributed by atoms with E-state index < -0.39 is 27.7 Å². The quantitative estimate of drug-likeness (QED) is 0.0296. The molecule has 302 valence electrons. The molecule has 8 nitrogen and oxygen atoms in total. The van der Waals surface area contributed by atoms with Gasteiger partial charge in [-0.25, -0.2) is 9.97 Å². The third-order valence-electron chi connectivity index (χ3n) is 8.68. The van der Waals surface area contributed by atoms with E-state index in [-0.39, 0.29) is 0 Å². The summed E-state index contributed by atoms with van der Waals surface area (Å²) in [7, 11) is 0.608. The Morgan fingerprint density at radius 1 is 0.500 bits per heavy atom. The van der Waals surface area contributed by atoms with Crippen LogP contribution >= 0.6 is 63.9 Å². The fourth-order valence-electron chi connectivity index (χ4n) is 5.73. The highest BCUT2D eigenvalue weighted by atomic mass is 33.7. The van der Waals surface area contributed by atoms with Gasteiger partial charge in [0.2, 0.25) is 0 Å². The van der Waals surface area contributed by atoms with Gasteiger partial charge in [0.1, 0.15) is 10.0 Å². The second-order valence-electron chi connectivity index (χ2n) is 13.5. The molecule has 0 N–H and O–H groups in total. The highest BCUT2D eigenvalue weighted by Gasteiger charge is 2.62. The van der Waals surface area contributed by atoms with Crippen LogP contribution in [0.2, 0.25) is 0 Å². The smallest absolute Gasteiger partial charge is 0.373 e. The molecule has 2 heterocycles. The average Bonchev–Trinajstić information content (AvgIpc) is 3.84. The van der Waals surface area contributed by atoms with Gasteiger partial charge in [0.05, 0.1) is 30.5 Å². The summed E-state index contributed by atoms with van der Waals surface area (Å²) in [5.74, 6) is 1.45. The van der Waals surface area contributed by atoms with Crippen LogP contribution in [-0.2, 0) is 36.6 Å². The zero-order valence-corrected chi connectivity index (χ0v) is 40.2. The van der Waals surface area contributed by atoms with Crippen LogP contribution in [-0.4, -0.2) is 78.7 Å². The van der Waals surface area contributed by atoms with Gasteiger partial charge in [-0.15, -0.1) is 22.7 Å². The minimum absolute atomic E-state index is 0.563. The Kier molecular flexibility index (Phi) is 20.2. The zero-order chi connectivity index (χ0) is 38.9. The molecule has 4 aromatic rings. The van der Waals surface area contributed by atoms with E-state index in [2.05, 4.69) is 104 Å². The van der Waals surface area contributed by atoms with Crippen molar-refractivity contribution in [1.29, 1.82) is 0 Å². The van der Waals surface area contributed by atoms with Crippen LogP contribution in [0.3, 0.4) is 0 Å². The molecule has 0 radical (unpaired) electrons. The fraction of sp³-hybridized carbons (Fsp3) is 0.632. The van der Waals surface area contributed by atoms with E-state index in [1.807, 2.05) is 21.6 Å². The van der Waals surface area contributed by atoms with Crippen LogP contribution in [0.1, 0.15) is 104 Å². The summed E-state index contributed by atoms with van der Waals surface area (Å²) in [6, 6.07) is 16.7. The van der Waals surface area contributed by atoms with Gasteiger partial charge in [0, 0.05) is 51.1 Å². The molecule has 0 fully saturated rings.